The maximum atomic E-state index is 13.1. The molecule has 1 heterocycles. The number of rotatable bonds is 6. The molecule has 4 heteroatoms. The number of carbonyl (C=O) groups is 1. The molecule has 24 heavy (non-hydrogen) atoms. The number of likely N-dealkylation sites (tertiary alicyclic amines) is 1. The lowest BCUT2D eigenvalue weighted by Gasteiger charge is -2.45. The van der Waals surface area contributed by atoms with E-state index < -0.39 is 0 Å². The quantitative estimate of drug-likeness (QED) is 0.849. The van der Waals surface area contributed by atoms with E-state index in [1.165, 1.54) is 12.0 Å². The van der Waals surface area contributed by atoms with Crippen molar-refractivity contribution in [1.82, 2.24) is 10.2 Å². The van der Waals surface area contributed by atoms with Crippen molar-refractivity contribution in [1.29, 1.82) is 0 Å². The molecule has 134 valence electrons. The van der Waals surface area contributed by atoms with Crippen LogP contribution >= 0.6 is 12.4 Å². The van der Waals surface area contributed by atoms with Gasteiger partial charge in [0, 0.05) is 13.1 Å². The first-order valence-corrected chi connectivity index (χ1v) is 9.27. The topological polar surface area (TPSA) is 32.3 Å². The van der Waals surface area contributed by atoms with Crippen molar-refractivity contribution in [3.63, 3.8) is 0 Å². The first kappa shape index (κ1) is 19.3. The molecule has 0 spiro atoms. The Morgan fingerprint density at radius 1 is 1.21 bits per heavy atom. The maximum Gasteiger partial charge on any atom is 0.229 e. The molecule has 1 N–H and O–H groups in total. The zero-order valence-corrected chi connectivity index (χ0v) is 15.6. The van der Waals surface area contributed by atoms with Crippen LogP contribution in [0.3, 0.4) is 0 Å². The van der Waals surface area contributed by atoms with Crippen LogP contribution in [0.4, 0.5) is 0 Å². The Labute approximate surface area is 152 Å². The molecule has 1 amide bonds. The summed E-state index contributed by atoms with van der Waals surface area (Å²) in [5.41, 5.74) is 1.21. The average Bonchev–Trinajstić information content (AvgIpc) is 2.57. The maximum absolute atomic E-state index is 13.1. The molecular weight excluding hydrogens is 320 g/mol. The highest BCUT2D eigenvalue weighted by molar-refractivity contribution is 5.85. The Morgan fingerprint density at radius 2 is 1.88 bits per heavy atom. The van der Waals surface area contributed by atoms with Gasteiger partial charge in [-0.05, 0) is 56.7 Å². The van der Waals surface area contributed by atoms with E-state index in [1.54, 1.807) is 0 Å². The summed E-state index contributed by atoms with van der Waals surface area (Å²) in [4.78, 5) is 15.3. The number of benzene rings is 1. The van der Waals surface area contributed by atoms with E-state index in [1.807, 2.05) is 6.07 Å². The summed E-state index contributed by atoms with van der Waals surface area (Å²) in [6, 6.07) is 10.5. The predicted octanol–water partition coefficient (Wildman–Crippen LogP) is 3.67. The summed E-state index contributed by atoms with van der Waals surface area (Å²) in [5.74, 6) is 1.17. The first-order chi connectivity index (χ1) is 11.2. The van der Waals surface area contributed by atoms with Gasteiger partial charge < -0.3 is 10.2 Å². The van der Waals surface area contributed by atoms with E-state index in [-0.39, 0.29) is 17.8 Å². The van der Waals surface area contributed by atoms with Crippen LogP contribution in [0.5, 0.6) is 0 Å². The van der Waals surface area contributed by atoms with Gasteiger partial charge in [-0.1, -0.05) is 43.7 Å². The zero-order chi connectivity index (χ0) is 16.1. The number of nitrogens with one attached hydrogen (secondary N) is 1. The number of hydrogen-bond acceptors (Lipinski definition) is 2. The molecular formula is C20H31ClN2O. The molecule has 1 saturated heterocycles. The molecule has 0 radical (unpaired) electrons. The third-order valence-electron chi connectivity index (χ3n) is 5.73. The van der Waals surface area contributed by atoms with E-state index in [0.717, 1.165) is 64.2 Å². The van der Waals surface area contributed by atoms with E-state index in [2.05, 4.69) is 41.4 Å². The fraction of sp³-hybridized carbons (Fsp3) is 0.650. The van der Waals surface area contributed by atoms with Gasteiger partial charge in [0.05, 0.1) is 5.41 Å². The fourth-order valence-electron chi connectivity index (χ4n) is 4.08. The standard InChI is InChI=1S/C20H30N2O.ClH/c1-2-21-16-18-9-13-22(14-10-18)19(23)20(11-6-12-20)15-17-7-4-3-5-8-17;/h3-5,7-8,18,21H,2,6,9-16H2,1H3;1H. The van der Waals surface area contributed by atoms with Gasteiger partial charge in [0.25, 0.3) is 0 Å². The molecule has 0 unspecified atom stereocenters. The number of amides is 1. The summed E-state index contributed by atoms with van der Waals surface area (Å²) < 4.78 is 0. The van der Waals surface area contributed by atoms with Crippen LogP contribution in [0.1, 0.15) is 44.6 Å². The van der Waals surface area contributed by atoms with Crippen LogP contribution in [0, 0.1) is 11.3 Å². The molecule has 3 rings (SSSR count). The van der Waals surface area contributed by atoms with Gasteiger partial charge in [-0.15, -0.1) is 12.4 Å². The molecule has 1 aromatic rings. The van der Waals surface area contributed by atoms with Crippen molar-refractivity contribution < 1.29 is 4.79 Å². The second-order valence-electron chi connectivity index (χ2n) is 7.34. The molecule has 0 aromatic heterocycles. The van der Waals surface area contributed by atoms with Crippen molar-refractivity contribution in [3.8, 4) is 0 Å². The monoisotopic (exact) mass is 350 g/mol. The van der Waals surface area contributed by atoms with E-state index in [9.17, 15) is 4.79 Å². The first-order valence-electron chi connectivity index (χ1n) is 9.27. The van der Waals surface area contributed by atoms with Crippen LogP contribution < -0.4 is 5.32 Å². The number of halogens is 1. The van der Waals surface area contributed by atoms with Crippen LogP contribution in [0.2, 0.25) is 0 Å². The Bertz CT molecular complexity index is 508. The molecule has 2 aliphatic rings. The summed E-state index contributed by atoms with van der Waals surface area (Å²) in [6.07, 6.45) is 6.57. The molecule has 3 nitrogen and oxygen atoms in total. The molecule has 1 saturated carbocycles. The minimum Gasteiger partial charge on any atom is -0.342 e. The molecule has 1 aromatic carbocycles. The summed E-state index contributed by atoms with van der Waals surface area (Å²) >= 11 is 0. The zero-order valence-electron chi connectivity index (χ0n) is 14.8. The van der Waals surface area contributed by atoms with Gasteiger partial charge in [-0.25, -0.2) is 0 Å². The summed E-state index contributed by atoms with van der Waals surface area (Å²) in [6.45, 7) is 6.20. The lowest BCUT2D eigenvalue weighted by molar-refractivity contribution is -0.149. The van der Waals surface area contributed by atoms with Gasteiger partial charge in [0.15, 0.2) is 0 Å². The smallest absolute Gasteiger partial charge is 0.229 e. The van der Waals surface area contributed by atoms with Crippen molar-refractivity contribution in [2.75, 3.05) is 26.2 Å². The Hall–Kier alpha value is -1.06. The number of nitrogens with zero attached hydrogens (tertiary/aromatic N) is 1. The van der Waals surface area contributed by atoms with Crippen molar-refractivity contribution >= 4 is 18.3 Å². The SMILES string of the molecule is CCNCC1CCN(C(=O)C2(Cc3ccccc3)CCC2)CC1.Cl. The highest BCUT2D eigenvalue weighted by Gasteiger charge is 2.46. The second kappa shape index (κ2) is 8.87. The van der Waals surface area contributed by atoms with Crippen molar-refractivity contribution in [2.24, 2.45) is 11.3 Å². The molecule has 0 atom stereocenters. The molecule has 1 aliphatic heterocycles. The van der Waals surface area contributed by atoms with Gasteiger partial charge in [-0.2, -0.15) is 0 Å². The van der Waals surface area contributed by atoms with Crippen LogP contribution in [0.15, 0.2) is 30.3 Å². The third-order valence-corrected chi connectivity index (χ3v) is 5.73. The fourth-order valence-corrected chi connectivity index (χ4v) is 4.08. The number of hydrogen-bond donors (Lipinski definition) is 1. The minimum atomic E-state index is -0.101. The Balaban J connectivity index is 0.00000208. The second-order valence-corrected chi connectivity index (χ2v) is 7.34. The van der Waals surface area contributed by atoms with Crippen LogP contribution in [0.25, 0.3) is 0 Å². The normalized spacial score (nSPS) is 20.1. The van der Waals surface area contributed by atoms with Crippen LogP contribution in [-0.4, -0.2) is 37.0 Å². The van der Waals surface area contributed by atoms with E-state index in [0.29, 0.717) is 5.91 Å². The van der Waals surface area contributed by atoms with Gasteiger partial charge in [0.2, 0.25) is 5.91 Å². The van der Waals surface area contributed by atoms with Crippen molar-refractivity contribution in [2.45, 2.75) is 45.4 Å². The number of carbonyl (C=O) groups excluding carboxylic acids is 1. The average molecular weight is 351 g/mol. The van der Waals surface area contributed by atoms with E-state index >= 15 is 0 Å². The largest absolute Gasteiger partial charge is 0.342 e. The van der Waals surface area contributed by atoms with Gasteiger partial charge >= 0.3 is 0 Å². The van der Waals surface area contributed by atoms with Gasteiger partial charge in [0.1, 0.15) is 0 Å². The van der Waals surface area contributed by atoms with Gasteiger partial charge in [-0.3, -0.25) is 4.79 Å². The summed E-state index contributed by atoms with van der Waals surface area (Å²) in [5, 5.41) is 3.44. The van der Waals surface area contributed by atoms with Crippen LogP contribution in [-0.2, 0) is 11.2 Å². The lowest BCUT2D eigenvalue weighted by Crippen LogP contribution is -2.51. The molecule has 1 aliphatic carbocycles. The highest BCUT2D eigenvalue weighted by Crippen LogP contribution is 2.45. The Morgan fingerprint density at radius 3 is 2.42 bits per heavy atom. The molecule has 0 bridgehead atoms. The third kappa shape index (κ3) is 4.31. The highest BCUT2D eigenvalue weighted by atomic mass is 35.5. The summed E-state index contributed by atoms with van der Waals surface area (Å²) in [7, 11) is 0. The Kier molecular flexibility index (Phi) is 7.12. The van der Waals surface area contributed by atoms with E-state index in [4.69, 9.17) is 0 Å². The minimum absolute atomic E-state index is 0. The predicted molar refractivity (Wildman–Crippen MR) is 102 cm³/mol. The number of piperidine rings is 1. The molecule has 2 fully saturated rings. The lowest BCUT2D eigenvalue weighted by atomic mass is 9.64. The van der Waals surface area contributed by atoms with Crippen molar-refractivity contribution in [3.05, 3.63) is 35.9 Å².